The highest BCUT2D eigenvalue weighted by Crippen LogP contribution is 2.21. The maximum atomic E-state index is 13.4. The van der Waals surface area contributed by atoms with E-state index in [1.165, 1.54) is 27.8 Å². The van der Waals surface area contributed by atoms with Gasteiger partial charge in [0.1, 0.15) is 6.61 Å². The van der Waals surface area contributed by atoms with E-state index in [1.54, 1.807) is 23.8 Å². The van der Waals surface area contributed by atoms with Gasteiger partial charge in [-0.2, -0.15) is 4.31 Å². The Morgan fingerprint density at radius 3 is 2.56 bits per heavy atom. The Kier molecular flexibility index (Phi) is 9.82. The number of aliphatic hydroxyl groups excluding tert-OH is 1. The number of nitrogens with two attached hydrogens (primary N) is 1. The lowest BCUT2D eigenvalue weighted by Crippen LogP contribution is -2.51. The third-order valence-corrected chi connectivity index (χ3v) is 7.93. The summed E-state index contributed by atoms with van der Waals surface area (Å²) in [5.74, 6) is -0.00191. The van der Waals surface area contributed by atoms with Crippen molar-refractivity contribution >= 4 is 33.1 Å². The molecule has 9 nitrogen and oxygen atoms in total. The van der Waals surface area contributed by atoms with Crippen LogP contribution in [-0.4, -0.2) is 54.1 Å². The summed E-state index contributed by atoms with van der Waals surface area (Å²) < 4.78 is 33.4. The number of nitrogen functional groups attached to an aromatic ring is 1. The number of aromatic nitrogens is 1. The van der Waals surface area contributed by atoms with E-state index in [1.807, 2.05) is 44.2 Å². The third kappa shape index (κ3) is 8.02. The average molecular weight is 533 g/mol. The average Bonchev–Trinajstić information content (AvgIpc) is 3.36. The zero-order valence-corrected chi connectivity index (χ0v) is 21.9. The topological polar surface area (TPSA) is 135 Å². The van der Waals surface area contributed by atoms with Gasteiger partial charge < -0.3 is 20.9 Å². The van der Waals surface area contributed by atoms with E-state index in [4.69, 9.17) is 10.5 Å². The molecule has 1 heterocycles. The van der Waals surface area contributed by atoms with E-state index in [0.717, 1.165) is 10.4 Å². The van der Waals surface area contributed by atoms with Gasteiger partial charge in [-0.05, 0) is 36.1 Å². The van der Waals surface area contributed by atoms with Crippen LogP contribution in [0.25, 0.3) is 0 Å². The lowest BCUT2D eigenvalue weighted by molar-refractivity contribution is 0.0876. The van der Waals surface area contributed by atoms with Gasteiger partial charge in [-0.25, -0.2) is 13.2 Å². The lowest BCUT2D eigenvalue weighted by atomic mass is 10.0. The lowest BCUT2D eigenvalue weighted by Gasteiger charge is -2.30. The first-order valence-corrected chi connectivity index (χ1v) is 13.9. The van der Waals surface area contributed by atoms with Gasteiger partial charge in [0.15, 0.2) is 0 Å². The van der Waals surface area contributed by atoms with E-state index < -0.39 is 28.3 Å². The van der Waals surface area contributed by atoms with Crippen molar-refractivity contribution in [3.63, 3.8) is 0 Å². The summed E-state index contributed by atoms with van der Waals surface area (Å²) in [5, 5.41) is 13.9. The van der Waals surface area contributed by atoms with Crippen molar-refractivity contribution in [2.45, 2.75) is 43.9 Å². The van der Waals surface area contributed by atoms with Crippen LogP contribution in [0.2, 0.25) is 0 Å². The van der Waals surface area contributed by atoms with Crippen LogP contribution in [0.4, 0.5) is 10.5 Å². The number of hydrogen-bond donors (Lipinski definition) is 3. The molecular formula is C25H32N4O5S2. The van der Waals surface area contributed by atoms with Gasteiger partial charge in [0.2, 0.25) is 10.0 Å². The number of rotatable bonds is 12. The molecule has 0 aliphatic carbocycles. The van der Waals surface area contributed by atoms with Crippen LogP contribution in [0.3, 0.4) is 0 Å². The van der Waals surface area contributed by atoms with Gasteiger partial charge in [-0.1, -0.05) is 50.2 Å². The predicted molar refractivity (Wildman–Crippen MR) is 140 cm³/mol. The highest BCUT2D eigenvalue weighted by Gasteiger charge is 2.31. The number of nitrogens with one attached hydrogen (secondary N) is 1. The Balaban J connectivity index is 1.80. The summed E-state index contributed by atoms with van der Waals surface area (Å²) in [7, 11) is -3.94. The summed E-state index contributed by atoms with van der Waals surface area (Å²) in [6.45, 7) is 3.80. The summed E-state index contributed by atoms with van der Waals surface area (Å²) in [6.07, 6.45) is -0.0293. The normalized spacial score (nSPS) is 13.5. The van der Waals surface area contributed by atoms with Crippen LogP contribution in [-0.2, 0) is 27.8 Å². The van der Waals surface area contributed by atoms with Gasteiger partial charge in [0.05, 0.1) is 27.4 Å². The van der Waals surface area contributed by atoms with Crippen molar-refractivity contribution in [2.24, 2.45) is 5.92 Å². The number of anilines is 1. The van der Waals surface area contributed by atoms with Crippen molar-refractivity contribution in [1.82, 2.24) is 14.6 Å². The highest BCUT2D eigenvalue weighted by molar-refractivity contribution is 7.89. The van der Waals surface area contributed by atoms with Gasteiger partial charge in [0.25, 0.3) is 0 Å². The molecule has 0 fully saturated rings. The molecule has 0 aliphatic rings. The van der Waals surface area contributed by atoms with Crippen LogP contribution in [0.5, 0.6) is 0 Å². The second-order valence-corrected chi connectivity index (χ2v) is 11.7. The second-order valence-electron chi connectivity index (χ2n) is 8.84. The number of ether oxygens (including phenoxy) is 1. The molecule has 0 bridgehead atoms. The number of hydrogen-bond acceptors (Lipinski definition) is 8. The smallest absolute Gasteiger partial charge is 0.407 e. The minimum absolute atomic E-state index is 0.00191. The molecule has 1 aromatic heterocycles. The molecule has 1 amide bonds. The van der Waals surface area contributed by atoms with Crippen molar-refractivity contribution < 1.29 is 23.1 Å². The van der Waals surface area contributed by atoms with Crippen LogP contribution < -0.4 is 11.1 Å². The van der Waals surface area contributed by atoms with Gasteiger partial charge in [0, 0.05) is 25.0 Å². The molecule has 2 unspecified atom stereocenters. The van der Waals surface area contributed by atoms with E-state index in [0.29, 0.717) is 5.69 Å². The van der Waals surface area contributed by atoms with Crippen molar-refractivity contribution in [3.8, 4) is 0 Å². The molecule has 11 heteroatoms. The molecule has 0 saturated heterocycles. The Morgan fingerprint density at radius 2 is 1.92 bits per heavy atom. The van der Waals surface area contributed by atoms with Crippen molar-refractivity contribution in [2.75, 3.05) is 18.8 Å². The fraction of sp³-hybridized carbons (Fsp3) is 0.360. The van der Waals surface area contributed by atoms with E-state index in [9.17, 15) is 18.3 Å². The molecule has 4 N–H and O–H groups in total. The fourth-order valence-corrected chi connectivity index (χ4v) is 5.82. The molecule has 2 atom stereocenters. The fourth-order valence-electron chi connectivity index (χ4n) is 3.63. The minimum atomic E-state index is -3.94. The summed E-state index contributed by atoms with van der Waals surface area (Å²) >= 11 is 1.36. The first-order valence-electron chi connectivity index (χ1n) is 11.5. The molecule has 36 heavy (non-hydrogen) atoms. The van der Waals surface area contributed by atoms with Crippen LogP contribution in [0, 0.1) is 5.92 Å². The molecule has 3 rings (SSSR count). The standard InChI is InChI=1S/C25H32N4O5S2/c1-18(2)14-29(36(32,33)22-10-6-9-20(26)12-22)15-24(30)23(11-19-7-4-3-5-8-19)28-25(31)34-16-21-13-27-17-35-21/h3-10,12-13,17-18,23-24,30H,11,14-16,26H2,1-2H3,(H,28,31). The number of thiazole rings is 1. The maximum Gasteiger partial charge on any atom is 0.407 e. The molecule has 0 saturated carbocycles. The first-order chi connectivity index (χ1) is 17.1. The van der Waals surface area contributed by atoms with Gasteiger partial charge in [-0.3, -0.25) is 4.98 Å². The van der Waals surface area contributed by atoms with Crippen LogP contribution in [0.1, 0.15) is 24.3 Å². The van der Waals surface area contributed by atoms with Crippen molar-refractivity contribution in [1.29, 1.82) is 0 Å². The zero-order valence-electron chi connectivity index (χ0n) is 20.3. The number of sulfonamides is 1. The van der Waals surface area contributed by atoms with E-state index in [2.05, 4.69) is 10.3 Å². The van der Waals surface area contributed by atoms with E-state index >= 15 is 0 Å². The molecule has 0 radical (unpaired) electrons. The third-order valence-electron chi connectivity index (χ3n) is 5.35. The first kappa shape index (κ1) is 27.6. The van der Waals surface area contributed by atoms with Crippen LogP contribution >= 0.6 is 11.3 Å². The summed E-state index contributed by atoms with van der Waals surface area (Å²) in [4.78, 5) is 17.3. The number of aliphatic hydroxyl groups is 1. The highest BCUT2D eigenvalue weighted by atomic mass is 32.2. The Labute approximate surface area is 216 Å². The van der Waals surface area contributed by atoms with Crippen molar-refractivity contribution in [3.05, 3.63) is 76.7 Å². The molecule has 3 aromatic rings. The number of carbonyl (C=O) groups excluding carboxylic acids is 1. The molecule has 0 spiro atoms. The number of nitrogens with zero attached hydrogens (tertiary/aromatic N) is 2. The monoisotopic (exact) mass is 532 g/mol. The summed E-state index contributed by atoms with van der Waals surface area (Å²) in [6, 6.07) is 14.6. The molecule has 194 valence electrons. The number of benzene rings is 2. The Morgan fingerprint density at radius 1 is 1.17 bits per heavy atom. The van der Waals surface area contributed by atoms with Gasteiger partial charge >= 0.3 is 6.09 Å². The quantitative estimate of drug-likeness (QED) is 0.305. The molecular weight excluding hydrogens is 500 g/mol. The maximum absolute atomic E-state index is 13.4. The number of alkyl carbamates (subject to hydrolysis) is 1. The molecule has 0 aliphatic heterocycles. The number of amides is 1. The minimum Gasteiger partial charge on any atom is -0.444 e. The van der Waals surface area contributed by atoms with E-state index in [-0.39, 0.29) is 36.9 Å². The van der Waals surface area contributed by atoms with Gasteiger partial charge in [-0.15, -0.1) is 11.3 Å². The Bertz CT molecular complexity index is 1200. The zero-order chi connectivity index (χ0) is 26.1. The largest absolute Gasteiger partial charge is 0.444 e. The number of carbonyl (C=O) groups is 1. The molecule has 2 aromatic carbocycles. The predicted octanol–water partition coefficient (Wildman–Crippen LogP) is 3.27. The summed E-state index contributed by atoms with van der Waals surface area (Å²) in [5.41, 5.74) is 8.66. The van der Waals surface area contributed by atoms with Crippen LogP contribution in [0.15, 0.2) is 71.2 Å². The Hall–Kier alpha value is -2.99. The SMILES string of the molecule is CC(C)CN(CC(O)C(Cc1ccccc1)NC(=O)OCc1cncs1)S(=O)(=O)c1cccc(N)c1. The second kappa shape index (κ2) is 12.8.